The number of anilines is 1. The topological polar surface area (TPSA) is 44.4 Å². The Labute approximate surface area is 127 Å². The lowest BCUT2D eigenvalue weighted by Crippen LogP contribution is -2.44. The fourth-order valence-electron chi connectivity index (χ4n) is 2.69. The van der Waals surface area contributed by atoms with Crippen LogP contribution in [0.15, 0.2) is 24.3 Å². The first-order valence-electron chi connectivity index (χ1n) is 7.94. The highest BCUT2D eigenvalue weighted by molar-refractivity contribution is 5.81. The summed E-state index contributed by atoms with van der Waals surface area (Å²) >= 11 is 0. The Morgan fingerprint density at radius 3 is 2.52 bits per heavy atom. The zero-order valence-corrected chi connectivity index (χ0v) is 13.4. The fourth-order valence-corrected chi connectivity index (χ4v) is 2.69. The Morgan fingerprint density at radius 1 is 1.19 bits per heavy atom. The molecule has 2 N–H and O–H groups in total. The summed E-state index contributed by atoms with van der Waals surface area (Å²) in [6.07, 6.45) is 2.55. The molecule has 0 spiro atoms. The van der Waals surface area contributed by atoms with Gasteiger partial charge in [0.25, 0.3) is 0 Å². The van der Waals surface area contributed by atoms with Crippen molar-refractivity contribution in [1.29, 1.82) is 0 Å². The molecule has 0 aromatic heterocycles. The summed E-state index contributed by atoms with van der Waals surface area (Å²) in [6, 6.07) is 8.48. The van der Waals surface area contributed by atoms with Crippen molar-refractivity contribution in [3.63, 3.8) is 0 Å². The summed E-state index contributed by atoms with van der Waals surface area (Å²) < 4.78 is 0. The van der Waals surface area contributed by atoms with Crippen LogP contribution in [-0.2, 0) is 11.3 Å². The van der Waals surface area contributed by atoms with Crippen LogP contribution in [-0.4, -0.2) is 31.1 Å². The summed E-state index contributed by atoms with van der Waals surface area (Å²) in [5, 5.41) is 6.27. The van der Waals surface area contributed by atoms with Crippen molar-refractivity contribution >= 4 is 11.6 Å². The third-order valence-electron chi connectivity index (χ3n) is 3.86. The molecule has 1 amide bonds. The minimum absolute atomic E-state index is 0.0589. The van der Waals surface area contributed by atoms with Crippen LogP contribution in [0.2, 0.25) is 0 Å². The van der Waals surface area contributed by atoms with E-state index in [-0.39, 0.29) is 18.0 Å². The van der Waals surface area contributed by atoms with Gasteiger partial charge in [-0.15, -0.1) is 0 Å². The second-order valence-corrected chi connectivity index (χ2v) is 6.09. The van der Waals surface area contributed by atoms with Crippen LogP contribution in [0.25, 0.3) is 0 Å². The van der Waals surface area contributed by atoms with Crippen molar-refractivity contribution in [3.05, 3.63) is 29.8 Å². The van der Waals surface area contributed by atoms with E-state index in [2.05, 4.69) is 39.8 Å². The van der Waals surface area contributed by atoms with Crippen molar-refractivity contribution in [2.45, 2.75) is 52.2 Å². The number of benzene rings is 1. The van der Waals surface area contributed by atoms with Crippen LogP contribution in [0.1, 0.15) is 39.2 Å². The van der Waals surface area contributed by atoms with Gasteiger partial charge in [-0.05, 0) is 45.2 Å². The number of hydrogen-bond donors (Lipinski definition) is 2. The van der Waals surface area contributed by atoms with Gasteiger partial charge in [-0.1, -0.05) is 18.2 Å². The molecule has 0 aliphatic carbocycles. The molecule has 0 saturated carbocycles. The Balaban J connectivity index is 1.95. The summed E-state index contributed by atoms with van der Waals surface area (Å²) in [6.45, 7) is 8.87. The Bertz CT molecular complexity index is 467. The monoisotopic (exact) mass is 289 g/mol. The van der Waals surface area contributed by atoms with E-state index in [1.165, 1.54) is 24.1 Å². The third kappa shape index (κ3) is 4.46. The lowest BCUT2D eigenvalue weighted by molar-refractivity contribution is -0.123. The Morgan fingerprint density at radius 2 is 1.86 bits per heavy atom. The smallest absolute Gasteiger partial charge is 0.237 e. The van der Waals surface area contributed by atoms with E-state index in [1.54, 1.807) is 0 Å². The van der Waals surface area contributed by atoms with Gasteiger partial charge >= 0.3 is 0 Å². The summed E-state index contributed by atoms with van der Waals surface area (Å²) in [7, 11) is 0. The van der Waals surface area contributed by atoms with Gasteiger partial charge < -0.3 is 15.5 Å². The average Bonchev–Trinajstić information content (AvgIpc) is 2.98. The van der Waals surface area contributed by atoms with Gasteiger partial charge in [0.05, 0.1) is 6.04 Å². The average molecular weight is 289 g/mol. The maximum absolute atomic E-state index is 11.9. The molecule has 116 valence electrons. The second-order valence-electron chi connectivity index (χ2n) is 6.09. The van der Waals surface area contributed by atoms with E-state index in [1.807, 2.05) is 20.8 Å². The number of rotatable bonds is 6. The molecule has 1 unspecified atom stereocenters. The predicted octanol–water partition coefficient (Wildman–Crippen LogP) is 2.29. The highest BCUT2D eigenvalue weighted by Gasteiger charge is 2.17. The quantitative estimate of drug-likeness (QED) is 0.844. The molecule has 0 bridgehead atoms. The summed E-state index contributed by atoms with van der Waals surface area (Å²) in [5.41, 5.74) is 2.57. The van der Waals surface area contributed by atoms with E-state index < -0.39 is 0 Å². The lowest BCUT2D eigenvalue weighted by Gasteiger charge is -2.22. The minimum atomic E-state index is -0.181. The van der Waals surface area contributed by atoms with E-state index in [0.29, 0.717) is 0 Å². The number of carbonyl (C=O) groups is 1. The number of amides is 1. The number of nitrogens with one attached hydrogen (secondary N) is 2. The highest BCUT2D eigenvalue weighted by Crippen LogP contribution is 2.24. The molecule has 1 aliphatic rings. The third-order valence-corrected chi connectivity index (χ3v) is 3.86. The van der Waals surface area contributed by atoms with Crippen LogP contribution >= 0.6 is 0 Å². The number of hydrogen-bond acceptors (Lipinski definition) is 3. The van der Waals surface area contributed by atoms with Crippen molar-refractivity contribution in [3.8, 4) is 0 Å². The van der Waals surface area contributed by atoms with Crippen LogP contribution in [0.5, 0.6) is 0 Å². The zero-order valence-electron chi connectivity index (χ0n) is 13.4. The first-order valence-corrected chi connectivity index (χ1v) is 7.94. The summed E-state index contributed by atoms with van der Waals surface area (Å²) in [5.74, 6) is 0.0589. The number of nitrogens with zero attached hydrogens (tertiary/aromatic N) is 1. The van der Waals surface area contributed by atoms with Crippen molar-refractivity contribution in [1.82, 2.24) is 10.6 Å². The normalized spacial score (nSPS) is 16.3. The molecule has 1 aliphatic heterocycles. The van der Waals surface area contributed by atoms with Crippen LogP contribution in [0, 0.1) is 0 Å². The van der Waals surface area contributed by atoms with Crippen LogP contribution in [0.3, 0.4) is 0 Å². The van der Waals surface area contributed by atoms with Crippen LogP contribution in [0.4, 0.5) is 5.69 Å². The minimum Gasteiger partial charge on any atom is -0.371 e. The van der Waals surface area contributed by atoms with Gasteiger partial charge in [0, 0.05) is 31.4 Å². The van der Waals surface area contributed by atoms with Gasteiger partial charge in [0.15, 0.2) is 0 Å². The molecule has 1 fully saturated rings. The molecule has 1 heterocycles. The van der Waals surface area contributed by atoms with Crippen molar-refractivity contribution in [2.75, 3.05) is 18.0 Å². The standard InChI is InChI=1S/C17H27N3O/c1-13(2)19-17(21)14(3)18-12-15-8-4-5-9-16(15)20-10-6-7-11-20/h4-5,8-9,13-14,18H,6-7,10-12H2,1-3H3,(H,19,21). The van der Waals surface area contributed by atoms with E-state index in [0.717, 1.165) is 19.6 Å². The highest BCUT2D eigenvalue weighted by atomic mass is 16.2. The molecule has 4 nitrogen and oxygen atoms in total. The van der Waals surface area contributed by atoms with Gasteiger partial charge in [-0.25, -0.2) is 0 Å². The molecule has 0 radical (unpaired) electrons. The van der Waals surface area contributed by atoms with E-state index >= 15 is 0 Å². The maximum Gasteiger partial charge on any atom is 0.237 e. The van der Waals surface area contributed by atoms with E-state index in [9.17, 15) is 4.79 Å². The zero-order chi connectivity index (χ0) is 15.2. The van der Waals surface area contributed by atoms with Crippen molar-refractivity contribution < 1.29 is 4.79 Å². The molecule has 1 saturated heterocycles. The molecule has 1 aromatic rings. The first kappa shape index (κ1) is 15.8. The van der Waals surface area contributed by atoms with Gasteiger partial charge in [0.2, 0.25) is 5.91 Å². The molecule has 21 heavy (non-hydrogen) atoms. The molecular weight excluding hydrogens is 262 g/mol. The largest absolute Gasteiger partial charge is 0.371 e. The van der Waals surface area contributed by atoms with Crippen molar-refractivity contribution in [2.24, 2.45) is 0 Å². The molecule has 4 heteroatoms. The summed E-state index contributed by atoms with van der Waals surface area (Å²) in [4.78, 5) is 14.4. The maximum atomic E-state index is 11.9. The SMILES string of the molecule is CC(C)NC(=O)C(C)NCc1ccccc1N1CCCC1. The second kappa shape index (κ2) is 7.46. The van der Waals surface area contributed by atoms with Crippen LogP contribution < -0.4 is 15.5 Å². The molecule has 1 atom stereocenters. The van der Waals surface area contributed by atoms with E-state index in [4.69, 9.17) is 0 Å². The lowest BCUT2D eigenvalue weighted by atomic mass is 10.1. The fraction of sp³-hybridized carbons (Fsp3) is 0.588. The number of carbonyl (C=O) groups excluding carboxylic acids is 1. The Kier molecular flexibility index (Phi) is 5.62. The molecular formula is C17H27N3O. The van der Waals surface area contributed by atoms with Gasteiger partial charge in [-0.3, -0.25) is 4.79 Å². The number of para-hydroxylation sites is 1. The Hall–Kier alpha value is -1.55. The first-order chi connectivity index (χ1) is 10.1. The molecule has 2 rings (SSSR count). The van der Waals surface area contributed by atoms with Gasteiger partial charge in [0.1, 0.15) is 0 Å². The van der Waals surface area contributed by atoms with Gasteiger partial charge in [-0.2, -0.15) is 0 Å². The molecule has 1 aromatic carbocycles. The predicted molar refractivity (Wildman–Crippen MR) is 87.5 cm³/mol.